The molecule has 27 heavy (non-hydrogen) atoms. The zero-order valence-corrected chi connectivity index (χ0v) is 16.8. The van der Waals surface area contributed by atoms with Gasteiger partial charge in [0.15, 0.2) is 5.13 Å². The molecule has 1 aliphatic heterocycles. The van der Waals surface area contributed by atoms with Gasteiger partial charge in [-0.05, 0) is 30.7 Å². The Bertz CT molecular complexity index is 996. The van der Waals surface area contributed by atoms with Crippen LogP contribution in [0.4, 0.5) is 5.13 Å². The molecular formula is C20H20ClN3O2S. The molecule has 1 fully saturated rings. The largest absolute Gasteiger partial charge is 0.494 e. The van der Waals surface area contributed by atoms with E-state index in [9.17, 15) is 4.79 Å². The van der Waals surface area contributed by atoms with E-state index >= 15 is 0 Å². The predicted molar refractivity (Wildman–Crippen MR) is 110 cm³/mol. The average Bonchev–Trinajstić information content (AvgIpc) is 3.15. The molecule has 3 aromatic rings. The van der Waals surface area contributed by atoms with E-state index in [1.54, 1.807) is 18.4 Å². The zero-order valence-electron chi connectivity index (χ0n) is 15.2. The fourth-order valence-electron chi connectivity index (χ4n) is 3.33. The number of aryl methyl sites for hydroxylation is 1. The lowest BCUT2D eigenvalue weighted by molar-refractivity contribution is 0.0746. The maximum Gasteiger partial charge on any atom is 0.254 e. The Morgan fingerprint density at radius 1 is 1.15 bits per heavy atom. The van der Waals surface area contributed by atoms with E-state index in [0.717, 1.165) is 45.3 Å². The molecule has 0 N–H and O–H groups in total. The summed E-state index contributed by atoms with van der Waals surface area (Å²) in [5.74, 6) is 0.826. The zero-order chi connectivity index (χ0) is 19.0. The van der Waals surface area contributed by atoms with Crippen LogP contribution in [0.2, 0.25) is 5.02 Å². The molecule has 1 saturated heterocycles. The van der Waals surface area contributed by atoms with Crippen molar-refractivity contribution in [2.45, 2.75) is 6.92 Å². The molecule has 0 spiro atoms. The van der Waals surface area contributed by atoms with E-state index in [1.165, 1.54) is 0 Å². The molecule has 0 bridgehead atoms. The van der Waals surface area contributed by atoms with E-state index in [0.29, 0.717) is 18.1 Å². The van der Waals surface area contributed by atoms with Crippen LogP contribution in [0.15, 0.2) is 36.4 Å². The van der Waals surface area contributed by atoms with Crippen LogP contribution in [0.1, 0.15) is 15.9 Å². The Labute approximate surface area is 167 Å². The Morgan fingerprint density at radius 3 is 2.59 bits per heavy atom. The molecular weight excluding hydrogens is 382 g/mol. The standard InChI is InChI=1S/C20H20ClN3O2S/c1-13-5-3-4-6-14(13)19(25)23-9-11-24(12-10-23)20-22-17-16(26-2)8-7-15(21)18(17)27-20/h3-8H,9-12H2,1-2H3. The monoisotopic (exact) mass is 401 g/mol. The van der Waals surface area contributed by atoms with Crippen LogP contribution in [0.3, 0.4) is 0 Å². The van der Waals surface area contributed by atoms with Crippen molar-refractivity contribution in [2.75, 3.05) is 38.2 Å². The van der Waals surface area contributed by atoms with Crippen molar-refractivity contribution in [3.05, 3.63) is 52.5 Å². The quantitative estimate of drug-likeness (QED) is 0.658. The molecule has 0 saturated carbocycles. The van der Waals surface area contributed by atoms with Crippen molar-refractivity contribution in [1.29, 1.82) is 0 Å². The van der Waals surface area contributed by atoms with Crippen molar-refractivity contribution in [3.8, 4) is 5.75 Å². The predicted octanol–water partition coefficient (Wildman–Crippen LogP) is 4.23. The van der Waals surface area contributed by atoms with Crippen molar-refractivity contribution in [3.63, 3.8) is 0 Å². The number of rotatable bonds is 3. The van der Waals surface area contributed by atoms with Gasteiger partial charge in [-0.15, -0.1) is 0 Å². The second-order valence-electron chi connectivity index (χ2n) is 6.52. The number of thiazole rings is 1. The summed E-state index contributed by atoms with van der Waals surface area (Å²) in [6, 6.07) is 11.4. The fourth-order valence-corrected chi connectivity index (χ4v) is 4.63. The summed E-state index contributed by atoms with van der Waals surface area (Å²) >= 11 is 7.90. The molecule has 2 aromatic carbocycles. The highest BCUT2D eigenvalue weighted by Crippen LogP contribution is 2.38. The summed E-state index contributed by atoms with van der Waals surface area (Å²) in [6.07, 6.45) is 0. The Kier molecular flexibility index (Phi) is 4.93. The number of halogens is 1. The van der Waals surface area contributed by atoms with Gasteiger partial charge in [-0.1, -0.05) is 41.1 Å². The number of hydrogen-bond donors (Lipinski definition) is 0. The number of benzene rings is 2. The van der Waals surface area contributed by atoms with E-state index < -0.39 is 0 Å². The number of carbonyl (C=O) groups excluding carboxylic acids is 1. The third-order valence-corrected chi connectivity index (χ3v) is 6.46. The Hall–Kier alpha value is -2.31. The van der Waals surface area contributed by atoms with Crippen LogP contribution in [0.25, 0.3) is 10.2 Å². The van der Waals surface area contributed by atoms with Crippen molar-refractivity contribution in [1.82, 2.24) is 9.88 Å². The summed E-state index contributed by atoms with van der Waals surface area (Å²) in [4.78, 5) is 21.7. The number of methoxy groups -OCH3 is 1. The van der Waals surface area contributed by atoms with E-state index in [2.05, 4.69) is 4.90 Å². The van der Waals surface area contributed by atoms with Crippen LogP contribution in [0, 0.1) is 6.92 Å². The second-order valence-corrected chi connectivity index (χ2v) is 7.90. The maximum atomic E-state index is 12.8. The van der Waals surface area contributed by atoms with Crippen LogP contribution in [-0.4, -0.2) is 49.1 Å². The Morgan fingerprint density at radius 2 is 1.89 bits per heavy atom. The topological polar surface area (TPSA) is 45.7 Å². The van der Waals surface area contributed by atoms with E-state index in [-0.39, 0.29) is 5.91 Å². The Balaban J connectivity index is 1.51. The summed E-state index contributed by atoms with van der Waals surface area (Å²) in [5, 5.41) is 1.60. The van der Waals surface area contributed by atoms with Gasteiger partial charge in [0.05, 0.1) is 16.8 Å². The van der Waals surface area contributed by atoms with Crippen molar-refractivity contribution < 1.29 is 9.53 Å². The number of nitrogens with zero attached hydrogens (tertiary/aromatic N) is 3. The molecule has 0 unspecified atom stereocenters. The summed E-state index contributed by atoms with van der Waals surface area (Å²) < 4.78 is 6.34. The first kappa shape index (κ1) is 18.1. The number of ether oxygens (including phenoxy) is 1. The van der Waals surface area contributed by atoms with Gasteiger partial charge in [-0.25, -0.2) is 4.98 Å². The molecule has 1 aromatic heterocycles. The first-order valence-corrected chi connectivity index (χ1v) is 10.0. The summed E-state index contributed by atoms with van der Waals surface area (Å²) in [5.41, 5.74) is 2.59. The molecule has 0 aliphatic carbocycles. The van der Waals surface area contributed by atoms with Gasteiger partial charge in [-0.3, -0.25) is 4.79 Å². The number of aromatic nitrogens is 1. The third kappa shape index (κ3) is 3.35. The molecule has 0 radical (unpaired) electrons. The van der Waals surface area contributed by atoms with Gasteiger partial charge >= 0.3 is 0 Å². The minimum Gasteiger partial charge on any atom is -0.494 e. The van der Waals surface area contributed by atoms with Crippen LogP contribution >= 0.6 is 22.9 Å². The summed E-state index contributed by atoms with van der Waals surface area (Å²) in [6.45, 7) is 4.82. The van der Waals surface area contributed by atoms with Crippen molar-refractivity contribution >= 4 is 44.2 Å². The van der Waals surface area contributed by atoms with Gasteiger partial charge in [-0.2, -0.15) is 0 Å². The molecule has 1 amide bonds. The minimum absolute atomic E-state index is 0.0989. The smallest absolute Gasteiger partial charge is 0.254 e. The highest BCUT2D eigenvalue weighted by molar-refractivity contribution is 7.22. The molecule has 7 heteroatoms. The van der Waals surface area contributed by atoms with Crippen molar-refractivity contribution in [2.24, 2.45) is 0 Å². The number of amides is 1. The summed E-state index contributed by atoms with van der Waals surface area (Å²) in [7, 11) is 1.64. The first-order valence-electron chi connectivity index (χ1n) is 8.81. The normalized spacial score (nSPS) is 14.6. The SMILES string of the molecule is COc1ccc(Cl)c2sc(N3CCN(C(=O)c4ccccc4C)CC3)nc12. The molecule has 2 heterocycles. The lowest BCUT2D eigenvalue weighted by atomic mass is 10.1. The number of anilines is 1. The van der Waals surface area contributed by atoms with Crippen LogP contribution in [-0.2, 0) is 0 Å². The lowest BCUT2D eigenvalue weighted by Crippen LogP contribution is -2.48. The fraction of sp³-hybridized carbons (Fsp3) is 0.300. The van der Waals surface area contributed by atoms with Gasteiger partial charge in [0.2, 0.25) is 0 Å². The van der Waals surface area contributed by atoms with Crippen LogP contribution in [0.5, 0.6) is 5.75 Å². The molecule has 1 aliphatic rings. The molecule has 0 atom stereocenters. The maximum absolute atomic E-state index is 12.8. The molecule has 5 nitrogen and oxygen atoms in total. The van der Waals surface area contributed by atoms with Gasteiger partial charge in [0.1, 0.15) is 11.3 Å². The average molecular weight is 402 g/mol. The molecule has 4 rings (SSSR count). The first-order chi connectivity index (χ1) is 13.1. The molecule has 140 valence electrons. The van der Waals surface area contributed by atoms with E-state index in [4.69, 9.17) is 21.3 Å². The number of hydrogen-bond acceptors (Lipinski definition) is 5. The van der Waals surface area contributed by atoms with Gasteiger partial charge in [0.25, 0.3) is 5.91 Å². The van der Waals surface area contributed by atoms with E-state index in [1.807, 2.05) is 48.2 Å². The third-order valence-electron chi connectivity index (χ3n) is 4.88. The van der Waals surface area contributed by atoms with Gasteiger partial charge < -0.3 is 14.5 Å². The van der Waals surface area contributed by atoms with Gasteiger partial charge in [0, 0.05) is 31.7 Å². The number of carbonyl (C=O) groups is 1. The second kappa shape index (κ2) is 7.37. The number of piperazine rings is 1. The number of fused-ring (bicyclic) bond motifs is 1. The van der Waals surface area contributed by atoms with Crippen LogP contribution < -0.4 is 9.64 Å². The lowest BCUT2D eigenvalue weighted by Gasteiger charge is -2.34. The minimum atomic E-state index is 0.0989. The highest BCUT2D eigenvalue weighted by atomic mass is 35.5. The highest BCUT2D eigenvalue weighted by Gasteiger charge is 2.25.